The number of benzene rings is 1. The Hall–Kier alpha value is -1.91. The van der Waals surface area contributed by atoms with Gasteiger partial charge in [0.05, 0.1) is 10.6 Å². The first-order valence-electron chi connectivity index (χ1n) is 6.32. The fourth-order valence-corrected chi connectivity index (χ4v) is 2.77. The van der Waals surface area contributed by atoms with Crippen molar-refractivity contribution in [2.75, 3.05) is 12.3 Å². The monoisotopic (exact) mass is 341 g/mol. The normalized spacial score (nSPS) is 11.3. The molecular formula is C12H15N5O3S2. The van der Waals surface area contributed by atoms with E-state index in [1.165, 1.54) is 30.2 Å². The number of aromatic amines is 1. The molecule has 1 aromatic carbocycles. The van der Waals surface area contributed by atoms with Crippen LogP contribution in [0.1, 0.15) is 5.56 Å². The van der Waals surface area contributed by atoms with E-state index in [1.807, 2.05) is 0 Å². The number of aromatic nitrogens is 3. The molecule has 22 heavy (non-hydrogen) atoms. The average molecular weight is 341 g/mol. The fourth-order valence-electron chi connectivity index (χ4n) is 1.64. The van der Waals surface area contributed by atoms with E-state index in [0.717, 1.165) is 5.56 Å². The van der Waals surface area contributed by atoms with Gasteiger partial charge in [0.2, 0.25) is 15.9 Å². The molecule has 0 saturated heterocycles. The van der Waals surface area contributed by atoms with Crippen LogP contribution in [-0.4, -0.2) is 41.8 Å². The number of carbonyl (C=O) groups excluding carboxylic acids is 1. The first-order chi connectivity index (χ1) is 10.4. The van der Waals surface area contributed by atoms with Crippen LogP contribution in [-0.2, 0) is 21.2 Å². The van der Waals surface area contributed by atoms with Gasteiger partial charge in [0.25, 0.3) is 0 Å². The Kier molecular flexibility index (Phi) is 5.52. The van der Waals surface area contributed by atoms with Crippen molar-refractivity contribution in [1.29, 1.82) is 0 Å². The molecule has 0 bridgehead atoms. The van der Waals surface area contributed by atoms with Gasteiger partial charge in [-0.25, -0.2) is 18.5 Å². The number of amides is 1. The largest absolute Gasteiger partial charge is 0.355 e. The van der Waals surface area contributed by atoms with Crippen LogP contribution in [0.3, 0.4) is 0 Å². The Balaban J connectivity index is 1.73. The summed E-state index contributed by atoms with van der Waals surface area (Å²) in [6.07, 6.45) is 1.98. The minimum absolute atomic E-state index is 0.0729. The maximum absolute atomic E-state index is 11.6. The Bertz CT molecular complexity index is 714. The highest BCUT2D eigenvalue weighted by Crippen LogP contribution is 2.10. The third-order valence-corrected chi connectivity index (χ3v) is 4.53. The van der Waals surface area contributed by atoms with Crippen LogP contribution in [0.4, 0.5) is 0 Å². The molecular weight excluding hydrogens is 326 g/mol. The summed E-state index contributed by atoms with van der Waals surface area (Å²) in [5.41, 5.74) is 0.913. The quantitative estimate of drug-likeness (QED) is 0.603. The molecule has 1 aromatic heterocycles. The number of hydrogen-bond acceptors (Lipinski definition) is 6. The van der Waals surface area contributed by atoms with Gasteiger partial charge in [-0.3, -0.25) is 9.89 Å². The zero-order valence-electron chi connectivity index (χ0n) is 11.5. The van der Waals surface area contributed by atoms with E-state index in [2.05, 4.69) is 20.5 Å². The molecule has 0 aliphatic carbocycles. The number of nitrogens with zero attached hydrogens (tertiary/aromatic N) is 2. The molecule has 0 fully saturated rings. The van der Waals surface area contributed by atoms with E-state index < -0.39 is 10.0 Å². The number of carbonyl (C=O) groups is 1. The van der Waals surface area contributed by atoms with Crippen LogP contribution >= 0.6 is 11.8 Å². The molecule has 4 N–H and O–H groups in total. The lowest BCUT2D eigenvalue weighted by Crippen LogP contribution is -2.27. The summed E-state index contributed by atoms with van der Waals surface area (Å²) in [5.74, 6) is 0.141. The number of sulfonamides is 1. The van der Waals surface area contributed by atoms with Crippen molar-refractivity contribution in [2.45, 2.75) is 16.5 Å². The summed E-state index contributed by atoms with van der Waals surface area (Å²) in [5, 5.41) is 14.7. The first kappa shape index (κ1) is 16.5. The van der Waals surface area contributed by atoms with Gasteiger partial charge in [-0.15, -0.1) is 0 Å². The van der Waals surface area contributed by atoms with E-state index in [0.29, 0.717) is 18.1 Å². The fraction of sp³-hybridized carbons (Fsp3) is 0.250. The Morgan fingerprint density at radius 2 is 2.05 bits per heavy atom. The van der Waals surface area contributed by atoms with Crippen LogP contribution in [0.15, 0.2) is 40.6 Å². The van der Waals surface area contributed by atoms with Crippen molar-refractivity contribution in [3.63, 3.8) is 0 Å². The highest BCUT2D eigenvalue weighted by atomic mass is 32.2. The Morgan fingerprint density at radius 1 is 1.32 bits per heavy atom. The molecule has 118 valence electrons. The summed E-state index contributed by atoms with van der Waals surface area (Å²) in [7, 11) is -3.67. The number of hydrogen-bond donors (Lipinski definition) is 3. The van der Waals surface area contributed by atoms with Gasteiger partial charge in [-0.2, -0.15) is 5.10 Å². The predicted molar refractivity (Wildman–Crippen MR) is 81.6 cm³/mol. The molecule has 0 saturated carbocycles. The molecule has 0 aliphatic rings. The molecule has 0 spiro atoms. The topological polar surface area (TPSA) is 131 Å². The number of primary sulfonamides is 1. The highest BCUT2D eigenvalue weighted by molar-refractivity contribution is 7.99. The Labute approximate surface area is 132 Å². The van der Waals surface area contributed by atoms with Crippen LogP contribution in [0.25, 0.3) is 0 Å². The third kappa shape index (κ3) is 5.13. The zero-order valence-corrected chi connectivity index (χ0v) is 13.2. The molecule has 1 amide bonds. The van der Waals surface area contributed by atoms with Gasteiger partial charge >= 0.3 is 0 Å². The van der Waals surface area contributed by atoms with E-state index >= 15 is 0 Å². The van der Waals surface area contributed by atoms with Crippen molar-refractivity contribution in [3.05, 3.63) is 36.2 Å². The number of thioether (sulfide) groups is 1. The first-order valence-corrected chi connectivity index (χ1v) is 8.85. The van der Waals surface area contributed by atoms with Crippen LogP contribution < -0.4 is 10.5 Å². The second kappa shape index (κ2) is 7.38. The predicted octanol–water partition coefficient (Wildman–Crippen LogP) is -0.0969. The van der Waals surface area contributed by atoms with E-state index in [-0.39, 0.29) is 16.6 Å². The minimum atomic E-state index is -3.67. The Morgan fingerprint density at radius 3 is 2.64 bits per heavy atom. The molecule has 1 heterocycles. The number of nitrogens with one attached hydrogen (secondary N) is 2. The van der Waals surface area contributed by atoms with Crippen molar-refractivity contribution < 1.29 is 13.2 Å². The van der Waals surface area contributed by atoms with Gasteiger partial charge < -0.3 is 5.32 Å². The standard InChI is InChI=1S/C12H15N5O3S2/c13-22(19,20)10-3-1-9(2-4-10)5-6-14-11(18)7-21-12-15-8-16-17-12/h1-4,8H,5-7H2,(H,14,18)(H2,13,19,20)(H,15,16,17). The van der Waals surface area contributed by atoms with Crippen LogP contribution in [0, 0.1) is 0 Å². The summed E-state index contributed by atoms with van der Waals surface area (Å²) >= 11 is 1.26. The van der Waals surface area contributed by atoms with Gasteiger partial charge in [0, 0.05) is 6.54 Å². The zero-order chi connectivity index (χ0) is 16.0. The van der Waals surface area contributed by atoms with E-state index in [4.69, 9.17) is 5.14 Å². The smallest absolute Gasteiger partial charge is 0.238 e. The van der Waals surface area contributed by atoms with Gasteiger partial charge in [-0.05, 0) is 24.1 Å². The molecule has 0 atom stereocenters. The van der Waals surface area contributed by atoms with E-state index in [1.54, 1.807) is 12.1 Å². The van der Waals surface area contributed by atoms with Gasteiger partial charge in [-0.1, -0.05) is 23.9 Å². The lowest BCUT2D eigenvalue weighted by atomic mass is 10.1. The van der Waals surface area contributed by atoms with Gasteiger partial charge in [0.15, 0.2) is 5.16 Å². The SMILES string of the molecule is NS(=O)(=O)c1ccc(CCNC(=O)CSc2ncn[nH]2)cc1. The molecule has 2 aromatic rings. The van der Waals surface area contributed by atoms with E-state index in [9.17, 15) is 13.2 Å². The summed E-state index contributed by atoms with van der Waals surface area (Å²) in [6.45, 7) is 0.463. The average Bonchev–Trinajstić information content (AvgIpc) is 2.98. The van der Waals surface area contributed by atoms with Crippen molar-refractivity contribution in [3.8, 4) is 0 Å². The summed E-state index contributed by atoms with van der Waals surface area (Å²) in [6, 6.07) is 6.25. The molecule has 10 heteroatoms. The number of nitrogens with two attached hydrogens (primary N) is 1. The second-order valence-electron chi connectivity index (χ2n) is 4.37. The molecule has 0 radical (unpaired) electrons. The summed E-state index contributed by atoms with van der Waals surface area (Å²) in [4.78, 5) is 15.6. The highest BCUT2D eigenvalue weighted by Gasteiger charge is 2.07. The van der Waals surface area contributed by atoms with Crippen molar-refractivity contribution >= 4 is 27.7 Å². The summed E-state index contributed by atoms with van der Waals surface area (Å²) < 4.78 is 22.2. The lowest BCUT2D eigenvalue weighted by Gasteiger charge is -2.05. The van der Waals surface area contributed by atoms with Crippen molar-refractivity contribution in [1.82, 2.24) is 20.5 Å². The lowest BCUT2D eigenvalue weighted by molar-refractivity contribution is -0.118. The van der Waals surface area contributed by atoms with Crippen molar-refractivity contribution in [2.24, 2.45) is 5.14 Å². The second-order valence-corrected chi connectivity index (χ2v) is 6.89. The molecule has 2 rings (SSSR count). The molecule has 0 aliphatic heterocycles. The number of rotatable bonds is 7. The third-order valence-electron chi connectivity index (χ3n) is 2.72. The van der Waals surface area contributed by atoms with Crippen LogP contribution in [0.2, 0.25) is 0 Å². The van der Waals surface area contributed by atoms with Crippen LogP contribution in [0.5, 0.6) is 0 Å². The maximum Gasteiger partial charge on any atom is 0.238 e. The number of H-pyrrole nitrogens is 1. The molecule has 8 nitrogen and oxygen atoms in total. The maximum atomic E-state index is 11.6. The molecule has 0 unspecified atom stereocenters. The minimum Gasteiger partial charge on any atom is -0.355 e. The van der Waals surface area contributed by atoms with Gasteiger partial charge in [0.1, 0.15) is 6.33 Å².